The minimum atomic E-state index is -4.66. The van der Waals surface area contributed by atoms with Crippen molar-refractivity contribution in [2.75, 3.05) is 19.1 Å². The van der Waals surface area contributed by atoms with E-state index in [0.717, 1.165) is 30.5 Å². The molecule has 1 N–H and O–H groups in total. The van der Waals surface area contributed by atoms with Crippen molar-refractivity contribution < 1.29 is 27.8 Å². The second-order valence-corrected chi connectivity index (χ2v) is 5.70. The van der Waals surface area contributed by atoms with Gasteiger partial charge < -0.3 is 14.7 Å². The van der Waals surface area contributed by atoms with Gasteiger partial charge in [0, 0.05) is 19.3 Å². The van der Waals surface area contributed by atoms with Gasteiger partial charge in [0.15, 0.2) is 0 Å². The number of hydrogen-bond donors (Lipinski definition) is 1. The fourth-order valence-corrected chi connectivity index (χ4v) is 2.64. The predicted octanol–water partition coefficient (Wildman–Crippen LogP) is 4.14. The quantitative estimate of drug-likeness (QED) is 0.840. The average molecular weight is 353 g/mol. The van der Waals surface area contributed by atoms with Crippen LogP contribution < -0.4 is 4.90 Å². The summed E-state index contributed by atoms with van der Waals surface area (Å²) in [6.07, 6.45) is -4.66. The molecule has 0 amide bonds. The summed E-state index contributed by atoms with van der Waals surface area (Å²) in [5, 5.41) is 9.45. The number of anilines is 1. The molecule has 0 spiro atoms. The van der Waals surface area contributed by atoms with Crippen LogP contribution in [0.1, 0.15) is 27.0 Å². The monoisotopic (exact) mass is 353 g/mol. The van der Waals surface area contributed by atoms with E-state index in [4.69, 9.17) is 0 Å². The minimum Gasteiger partial charge on any atom is -0.508 e. The average Bonchev–Trinajstić information content (AvgIpc) is 2.53. The third-order valence-corrected chi connectivity index (χ3v) is 3.81. The van der Waals surface area contributed by atoms with Crippen molar-refractivity contribution >= 4 is 11.7 Å². The lowest BCUT2D eigenvalue weighted by molar-refractivity contribution is -0.138. The summed E-state index contributed by atoms with van der Waals surface area (Å²) in [5.41, 5.74) is 0.443. The number of carbonyl (C=O) groups excluding carboxylic acids is 1. The molecule has 0 aliphatic heterocycles. The Hall–Kier alpha value is -2.70. The van der Waals surface area contributed by atoms with Crippen LogP contribution in [0.15, 0.2) is 36.4 Å². The molecule has 0 bridgehead atoms. The number of aromatic hydroxyl groups is 1. The number of phenols is 1. The number of rotatable bonds is 4. The van der Waals surface area contributed by atoms with E-state index < -0.39 is 23.3 Å². The van der Waals surface area contributed by atoms with Gasteiger partial charge in [-0.3, -0.25) is 0 Å². The van der Waals surface area contributed by atoms with E-state index in [1.165, 1.54) is 12.1 Å². The van der Waals surface area contributed by atoms with Crippen LogP contribution in [0, 0.1) is 6.92 Å². The van der Waals surface area contributed by atoms with Crippen LogP contribution >= 0.6 is 0 Å². The van der Waals surface area contributed by atoms with Gasteiger partial charge in [-0.15, -0.1) is 0 Å². The summed E-state index contributed by atoms with van der Waals surface area (Å²) in [6, 6.07) is 8.33. The second-order valence-electron chi connectivity index (χ2n) is 5.70. The molecule has 2 aromatic rings. The third kappa shape index (κ3) is 4.23. The van der Waals surface area contributed by atoms with Gasteiger partial charge >= 0.3 is 12.1 Å². The summed E-state index contributed by atoms with van der Waals surface area (Å²) in [6.45, 7) is 2.00. The second kappa shape index (κ2) is 7.04. The number of methoxy groups -OCH3 is 1. The number of esters is 1. The Morgan fingerprint density at radius 2 is 1.88 bits per heavy atom. The molecule has 0 saturated carbocycles. The Balaban J connectivity index is 2.35. The number of aryl methyl sites for hydroxylation is 1. The predicted molar refractivity (Wildman–Crippen MR) is 87.7 cm³/mol. The first kappa shape index (κ1) is 18.6. The highest BCUT2D eigenvalue weighted by atomic mass is 19.4. The van der Waals surface area contributed by atoms with Gasteiger partial charge in [-0.05, 0) is 48.4 Å². The number of carbonyl (C=O) groups is 1. The molecule has 0 unspecified atom stereocenters. The molecule has 134 valence electrons. The van der Waals surface area contributed by atoms with Crippen molar-refractivity contribution in [3.05, 3.63) is 58.7 Å². The van der Waals surface area contributed by atoms with Crippen LogP contribution in [0.3, 0.4) is 0 Å². The number of ether oxygens (including phenoxy) is 1. The van der Waals surface area contributed by atoms with Gasteiger partial charge in [-0.1, -0.05) is 6.07 Å². The number of nitrogens with zero attached hydrogens (tertiary/aromatic N) is 1. The molecule has 4 nitrogen and oxygen atoms in total. The van der Waals surface area contributed by atoms with Crippen molar-refractivity contribution in [2.45, 2.75) is 19.6 Å². The lowest BCUT2D eigenvalue weighted by Gasteiger charge is -2.22. The highest BCUT2D eigenvalue weighted by molar-refractivity contribution is 5.91. The van der Waals surface area contributed by atoms with E-state index in [0.29, 0.717) is 5.56 Å². The topological polar surface area (TPSA) is 49.8 Å². The third-order valence-electron chi connectivity index (χ3n) is 3.81. The zero-order valence-electron chi connectivity index (χ0n) is 14.0. The van der Waals surface area contributed by atoms with Crippen molar-refractivity contribution in [3.8, 4) is 5.75 Å². The molecule has 2 rings (SSSR count). The van der Waals surface area contributed by atoms with E-state index in [2.05, 4.69) is 4.74 Å². The summed E-state index contributed by atoms with van der Waals surface area (Å²) >= 11 is 0. The molecule has 0 heterocycles. The van der Waals surface area contributed by atoms with Crippen molar-refractivity contribution in [1.82, 2.24) is 0 Å². The van der Waals surface area contributed by atoms with Crippen LogP contribution in [0.5, 0.6) is 5.75 Å². The Morgan fingerprint density at radius 3 is 2.44 bits per heavy atom. The minimum absolute atomic E-state index is 0.122. The maximum absolute atomic E-state index is 13.2. The van der Waals surface area contributed by atoms with E-state index in [-0.39, 0.29) is 12.3 Å². The molecule has 0 atom stereocenters. The van der Waals surface area contributed by atoms with Gasteiger partial charge in [0.1, 0.15) is 5.75 Å². The number of phenolic OH excluding ortho intramolecular Hbond substituents is 1. The smallest absolute Gasteiger partial charge is 0.417 e. The zero-order valence-corrected chi connectivity index (χ0v) is 14.0. The molecular weight excluding hydrogens is 335 g/mol. The standard InChI is InChI=1S/C18H18F3NO3/c1-11-8-13(23)5-7-16(11)22(2)10-12-4-6-14(17(24)25-3)15(9-12)18(19,20)21/h4-9,23H,10H2,1-3H3. The summed E-state index contributed by atoms with van der Waals surface area (Å²) < 4.78 is 44.2. The van der Waals surface area contributed by atoms with Crippen molar-refractivity contribution in [2.24, 2.45) is 0 Å². The Kier molecular flexibility index (Phi) is 5.25. The lowest BCUT2D eigenvalue weighted by atomic mass is 10.0. The molecule has 0 aliphatic carbocycles. The summed E-state index contributed by atoms with van der Waals surface area (Å²) in [5.74, 6) is -0.905. The van der Waals surface area contributed by atoms with Crippen LogP contribution in [0.4, 0.5) is 18.9 Å². The first-order valence-electron chi connectivity index (χ1n) is 7.42. The number of benzene rings is 2. The zero-order chi connectivity index (χ0) is 18.8. The molecule has 0 aliphatic rings. The molecule has 25 heavy (non-hydrogen) atoms. The van der Waals surface area contributed by atoms with E-state index in [1.54, 1.807) is 31.0 Å². The maximum atomic E-state index is 13.2. The van der Waals surface area contributed by atoms with Gasteiger partial charge in [-0.2, -0.15) is 13.2 Å². The lowest BCUT2D eigenvalue weighted by Crippen LogP contribution is -2.19. The number of hydrogen-bond acceptors (Lipinski definition) is 4. The molecule has 2 aromatic carbocycles. The summed E-state index contributed by atoms with van der Waals surface area (Å²) in [7, 11) is 2.78. The molecule has 7 heteroatoms. The van der Waals surface area contributed by atoms with Crippen LogP contribution in [-0.2, 0) is 17.5 Å². The van der Waals surface area contributed by atoms with Crippen LogP contribution in [0.2, 0.25) is 0 Å². The molecule has 0 saturated heterocycles. The van der Waals surface area contributed by atoms with E-state index in [9.17, 15) is 23.1 Å². The fourth-order valence-electron chi connectivity index (χ4n) is 2.64. The van der Waals surface area contributed by atoms with Crippen molar-refractivity contribution in [1.29, 1.82) is 0 Å². The first-order valence-corrected chi connectivity index (χ1v) is 7.42. The molecule has 0 fully saturated rings. The van der Waals surface area contributed by atoms with E-state index in [1.807, 2.05) is 0 Å². The number of alkyl halides is 3. The Labute approximate surface area is 143 Å². The molecule has 0 radical (unpaired) electrons. The normalized spacial score (nSPS) is 11.3. The van der Waals surface area contributed by atoms with Crippen LogP contribution in [0.25, 0.3) is 0 Å². The molecular formula is C18H18F3NO3. The largest absolute Gasteiger partial charge is 0.508 e. The van der Waals surface area contributed by atoms with Crippen LogP contribution in [-0.4, -0.2) is 25.2 Å². The first-order chi connectivity index (χ1) is 11.6. The van der Waals surface area contributed by atoms with Gasteiger partial charge in [0.25, 0.3) is 0 Å². The summed E-state index contributed by atoms with van der Waals surface area (Å²) in [4.78, 5) is 13.3. The van der Waals surface area contributed by atoms with Gasteiger partial charge in [0.2, 0.25) is 0 Å². The SMILES string of the molecule is COC(=O)c1ccc(CN(C)c2ccc(O)cc2C)cc1C(F)(F)F. The Morgan fingerprint density at radius 1 is 1.20 bits per heavy atom. The highest BCUT2D eigenvalue weighted by Gasteiger charge is 2.35. The highest BCUT2D eigenvalue weighted by Crippen LogP contribution is 2.34. The fraction of sp³-hybridized carbons (Fsp3) is 0.278. The Bertz CT molecular complexity index is 788. The van der Waals surface area contributed by atoms with Gasteiger partial charge in [0.05, 0.1) is 18.2 Å². The number of halogens is 3. The van der Waals surface area contributed by atoms with Crippen molar-refractivity contribution in [3.63, 3.8) is 0 Å². The molecule has 0 aromatic heterocycles. The van der Waals surface area contributed by atoms with E-state index >= 15 is 0 Å². The maximum Gasteiger partial charge on any atom is 0.417 e. The van der Waals surface area contributed by atoms with Gasteiger partial charge in [-0.25, -0.2) is 4.79 Å².